The predicted molar refractivity (Wildman–Crippen MR) is 63.0 cm³/mol. The molecule has 1 aromatic carbocycles. The van der Waals surface area contributed by atoms with Gasteiger partial charge in [0, 0.05) is 16.6 Å². The quantitative estimate of drug-likeness (QED) is 0.925. The SMILES string of the molecule is CN(C)CC(C(=O)O)c1cc(Br)ccc1F. The van der Waals surface area contributed by atoms with E-state index in [-0.39, 0.29) is 12.1 Å². The summed E-state index contributed by atoms with van der Waals surface area (Å²) in [6.07, 6.45) is 0. The minimum atomic E-state index is -1.02. The Morgan fingerprint density at radius 2 is 2.19 bits per heavy atom. The van der Waals surface area contributed by atoms with Crippen molar-refractivity contribution in [2.24, 2.45) is 0 Å². The highest BCUT2D eigenvalue weighted by atomic mass is 79.9. The van der Waals surface area contributed by atoms with Crippen molar-refractivity contribution < 1.29 is 14.3 Å². The summed E-state index contributed by atoms with van der Waals surface area (Å²) in [6.45, 7) is 0.267. The van der Waals surface area contributed by atoms with E-state index in [9.17, 15) is 9.18 Å². The van der Waals surface area contributed by atoms with E-state index in [0.29, 0.717) is 4.47 Å². The van der Waals surface area contributed by atoms with Crippen molar-refractivity contribution in [1.29, 1.82) is 0 Å². The lowest BCUT2D eigenvalue weighted by Gasteiger charge is -2.18. The number of hydrogen-bond donors (Lipinski definition) is 1. The number of hydrogen-bond acceptors (Lipinski definition) is 2. The molecule has 1 N–H and O–H groups in total. The molecule has 0 spiro atoms. The van der Waals surface area contributed by atoms with Crippen LogP contribution >= 0.6 is 15.9 Å². The van der Waals surface area contributed by atoms with Crippen LogP contribution in [0.5, 0.6) is 0 Å². The Bertz CT molecular complexity index is 396. The van der Waals surface area contributed by atoms with Crippen LogP contribution in [0.25, 0.3) is 0 Å². The predicted octanol–water partition coefficient (Wildman–Crippen LogP) is 2.32. The van der Waals surface area contributed by atoms with Crippen LogP contribution in [0.15, 0.2) is 22.7 Å². The van der Waals surface area contributed by atoms with E-state index in [1.165, 1.54) is 12.1 Å². The van der Waals surface area contributed by atoms with E-state index >= 15 is 0 Å². The third-order valence-corrected chi connectivity index (χ3v) is 2.67. The van der Waals surface area contributed by atoms with Gasteiger partial charge in [-0.15, -0.1) is 0 Å². The molecule has 0 amide bonds. The van der Waals surface area contributed by atoms with Crippen LogP contribution in [0.1, 0.15) is 11.5 Å². The van der Waals surface area contributed by atoms with Crippen molar-refractivity contribution in [3.05, 3.63) is 34.1 Å². The second kappa shape index (κ2) is 5.41. The summed E-state index contributed by atoms with van der Waals surface area (Å²) < 4.78 is 14.2. The van der Waals surface area contributed by atoms with Gasteiger partial charge in [-0.05, 0) is 32.3 Å². The number of benzene rings is 1. The molecule has 1 rings (SSSR count). The summed E-state index contributed by atoms with van der Waals surface area (Å²) in [4.78, 5) is 12.8. The van der Waals surface area contributed by atoms with Gasteiger partial charge in [0.05, 0.1) is 5.92 Å². The molecule has 0 fully saturated rings. The molecule has 0 saturated heterocycles. The molecule has 0 saturated carbocycles. The first-order valence-corrected chi connectivity index (χ1v) is 5.53. The maximum atomic E-state index is 13.5. The van der Waals surface area contributed by atoms with E-state index in [1.54, 1.807) is 25.1 Å². The van der Waals surface area contributed by atoms with Crippen LogP contribution in [0.4, 0.5) is 4.39 Å². The van der Waals surface area contributed by atoms with Crippen molar-refractivity contribution in [1.82, 2.24) is 4.90 Å². The number of halogens is 2. The largest absolute Gasteiger partial charge is 0.481 e. The maximum Gasteiger partial charge on any atom is 0.312 e. The lowest BCUT2D eigenvalue weighted by molar-refractivity contribution is -0.139. The number of aliphatic carboxylic acids is 1. The monoisotopic (exact) mass is 289 g/mol. The van der Waals surface area contributed by atoms with Crippen LogP contribution in [0.3, 0.4) is 0 Å². The molecule has 0 aliphatic carbocycles. The number of rotatable bonds is 4. The van der Waals surface area contributed by atoms with Gasteiger partial charge in [-0.1, -0.05) is 15.9 Å². The summed E-state index contributed by atoms with van der Waals surface area (Å²) in [5.41, 5.74) is 0.204. The van der Waals surface area contributed by atoms with E-state index in [4.69, 9.17) is 5.11 Å². The Kier molecular flexibility index (Phi) is 4.44. The van der Waals surface area contributed by atoms with E-state index in [2.05, 4.69) is 15.9 Å². The molecule has 0 aromatic heterocycles. The van der Waals surface area contributed by atoms with Crippen LogP contribution in [-0.2, 0) is 4.79 Å². The molecule has 5 heteroatoms. The second-order valence-corrected chi connectivity index (χ2v) is 4.73. The molecule has 0 aliphatic rings. The van der Waals surface area contributed by atoms with Gasteiger partial charge in [0.25, 0.3) is 0 Å². The zero-order valence-corrected chi connectivity index (χ0v) is 10.7. The number of carboxylic acids is 1. The van der Waals surface area contributed by atoms with Crippen molar-refractivity contribution in [3.63, 3.8) is 0 Å². The molecule has 0 radical (unpaired) electrons. The van der Waals surface area contributed by atoms with Crippen molar-refractivity contribution >= 4 is 21.9 Å². The molecule has 1 atom stereocenters. The normalized spacial score (nSPS) is 12.8. The molecule has 3 nitrogen and oxygen atoms in total. The Balaban J connectivity index is 3.10. The van der Waals surface area contributed by atoms with Gasteiger partial charge in [-0.2, -0.15) is 0 Å². The number of nitrogens with zero attached hydrogens (tertiary/aromatic N) is 1. The highest BCUT2D eigenvalue weighted by Crippen LogP contribution is 2.24. The van der Waals surface area contributed by atoms with Crippen LogP contribution in [0, 0.1) is 5.82 Å². The Labute approximate surface area is 102 Å². The molecule has 0 aliphatic heterocycles. The van der Waals surface area contributed by atoms with Crippen molar-refractivity contribution in [3.8, 4) is 0 Å². The van der Waals surface area contributed by atoms with Crippen LogP contribution < -0.4 is 0 Å². The summed E-state index contributed by atoms with van der Waals surface area (Å²) in [5, 5.41) is 9.08. The van der Waals surface area contributed by atoms with Crippen LogP contribution in [0.2, 0.25) is 0 Å². The zero-order chi connectivity index (χ0) is 12.3. The van der Waals surface area contributed by atoms with E-state index in [0.717, 1.165) is 0 Å². The molecular weight excluding hydrogens is 277 g/mol. The van der Waals surface area contributed by atoms with Gasteiger partial charge < -0.3 is 10.0 Å². The van der Waals surface area contributed by atoms with Gasteiger partial charge in [-0.3, -0.25) is 4.79 Å². The van der Waals surface area contributed by atoms with Crippen molar-refractivity contribution in [2.45, 2.75) is 5.92 Å². The van der Waals surface area contributed by atoms with Gasteiger partial charge in [0.1, 0.15) is 5.82 Å². The van der Waals surface area contributed by atoms with Gasteiger partial charge in [-0.25, -0.2) is 4.39 Å². The molecular formula is C11H13BrFNO2. The smallest absolute Gasteiger partial charge is 0.312 e. The molecule has 88 valence electrons. The molecule has 1 unspecified atom stereocenters. The average molecular weight is 290 g/mol. The average Bonchev–Trinajstić information content (AvgIpc) is 2.18. The Hall–Kier alpha value is -0.940. The highest BCUT2D eigenvalue weighted by Gasteiger charge is 2.23. The first-order chi connectivity index (χ1) is 7.41. The molecule has 0 heterocycles. The van der Waals surface area contributed by atoms with Crippen molar-refractivity contribution in [2.75, 3.05) is 20.6 Å². The first kappa shape index (κ1) is 13.1. The first-order valence-electron chi connectivity index (χ1n) is 4.74. The third kappa shape index (κ3) is 3.28. The number of likely N-dealkylation sites (N-methyl/N-ethyl adjacent to an activating group) is 1. The molecule has 16 heavy (non-hydrogen) atoms. The highest BCUT2D eigenvalue weighted by molar-refractivity contribution is 9.10. The standard InChI is InChI=1S/C11H13BrFNO2/c1-14(2)6-9(11(15)16)8-5-7(12)3-4-10(8)13/h3-5,9H,6H2,1-2H3,(H,15,16). The lowest BCUT2D eigenvalue weighted by Crippen LogP contribution is -2.26. The van der Waals surface area contributed by atoms with Gasteiger partial charge in [0.15, 0.2) is 0 Å². The third-order valence-electron chi connectivity index (χ3n) is 2.18. The number of carboxylic acid groups (broad SMARTS) is 1. The minimum Gasteiger partial charge on any atom is -0.481 e. The fraction of sp³-hybridized carbons (Fsp3) is 0.364. The molecule has 0 bridgehead atoms. The van der Waals surface area contributed by atoms with Crippen LogP contribution in [-0.4, -0.2) is 36.6 Å². The van der Waals surface area contributed by atoms with Gasteiger partial charge in [0.2, 0.25) is 0 Å². The van der Waals surface area contributed by atoms with E-state index < -0.39 is 17.7 Å². The fourth-order valence-corrected chi connectivity index (χ4v) is 1.84. The summed E-state index contributed by atoms with van der Waals surface area (Å²) in [6, 6.07) is 4.33. The lowest BCUT2D eigenvalue weighted by atomic mass is 9.98. The van der Waals surface area contributed by atoms with Gasteiger partial charge >= 0.3 is 5.97 Å². The maximum absolute atomic E-state index is 13.5. The minimum absolute atomic E-state index is 0.204. The van der Waals surface area contributed by atoms with E-state index in [1.807, 2.05) is 0 Å². The summed E-state index contributed by atoms with van der Waals surface area (Å²) in [5.74, 6) is -2.37. The fourth-order valence-electron chi connectivity index (χ4n) is 1.46. The Morgan fingerprint density at radius 1 is 1.56 bits per heavy atom. The number of carbonyl (C=O) groups is 1. The second-order valence-electron chi connectivity index (χ2n) is 3.82. The molecule has 1 aromatic rings. The topological polar surface area (TPSA) is 40.5 Å². The Morgan fingerprint density at radius 3 is 2.69 bits per heavy atom. The summed E-state index contributed by atoms with van der Waals surface area (Å²) >= 11 is 3.21. The zero-order valence-electron chi connectivity index (χ0n) is 9.08. The summed E-state index contributed by atoms with van der Waals surface area (Å²) in [7, 11) is 3.51.